The molecule has 0 radical (unpaired) electrons. The highest BCUT2D eigenvalue weighted by Gasteiger charge is 2.19. The maximum atomic E-state index is 11.7. The molecule has 1 aromatic heterocycles. The third kappa shape index (κ3) is 3.55. The van der Waals surface area contributed by atoms with Crippen LogP contribution in [0.3, 0.4) is 0 Å². The molecule has 7 heteroatoms. The minimum absolute atomic E-state index is 0.217. The fourth-order valence-corrected chi connectivity index (χ4v) is 1.94. The van der Waals surface area contributed by atoms with Crippen LogP contribution in [0.2, 0.25) is 0 Å². The zero-order valence-electron chi connectivity index (χ0n) is 11.5. The maximum Gasteiger partial charge on any atom is 0.333 e. The molecule has 0 aliphatic carbocycles. The first-order chi connectivity index (χ1) is 9.92. The summed E-state index contributed by atoms with van der Waals surface area (Å²) in [4.78, 5) is 7.87. The molecule has 0 amide bonds. The van der Waals surface area contributed by atoms with Crippen molar-refractivity contribution in [2.45, 2.75) is 19.1 Å². The van der Waals surface area contributed by atoms with Crippen molar-refractivity contribution in [2.75, 3.05) is 0 Å². The van der Waals surface area contributed by atoms with Gasteiger partial charge in [-0.25, -0.2) is 4.98 Å². The van der Waals surface area contributed by atoms with E-state index in [-0.39, 0.29) is 6.01 Å². The summed E-state index contributed by atoms with van der Waals surface area (Å²) < 4.78 is 28.3. The Hall–Kier alpha value is -2.46. The van der Waals surface area contributed by atoms with E-state index >= 15 is 0 Å². The van der Waals surface area contributed by atoms with Crippen molar-refractivity contribution in [3.05, 3.63) is 42.1 Å². The van der Waals surface area contributed by atoms with Crippen LogP contribution in [-0.4, -0.2) is 23.6 Å². The lowest BCUT2D eigenvalue weighted by atomic mass is 10.1. The first-order valence-corrected chi connectivity index (χ1v) is 7.66. The van der Waals surface area contributed by atoms with Crippen LogP contribution in [0.5, 0.6) is 6.01 Å². The zero-order valence-corrected chi connectivity index (χ0v) is 12.3. The van der Waals surface area contributed by atoms with E-state index < -0.39 is 15.4 Å². The summed E-state index contributed by atoms with van der Waals surface area (Å²) in [5, 5.41) is 8.08. The van der Waals surface area contributed by atoms with Crippen LogP contribution in [-0.2, 0) is 10.1 Å². The molecule has 1 aromatic carbocycles. The topological polar surface area (TPSA) is 92.9 Å². The van der Waals surface area contributed by atoms with Gasteiger partial charge in [0.2, 0.25) is 0 Å². The molecule has 21 heavy (non-hydrogen) atoms. The van der Waals surface area contributed by atoms with E-state index in [4.69, 9.17) is 9.44 Å². The Labute approximate surface area is 123 Å². The lowest BCUT2D eigenvalue weighted by Gasteiger charge is -2.08. The quantitative estimate of drug-likeness (QED) is 0.803. The second-order valence-electron chi connectivity index (χ2n) is 4.54. The summed E-state index contributed by atoms with van der Waals surface area (Å²) in [6.07, 6.45) is 1.42. The van der Waals surface area contributed by atoms with E-state index in [0.717, 1.165) is 5.56 Å². The summed E-state index contributed by atoms with van der Waals surface area (Å²) in [5.74, 6) is 0. The molecule has 0 aliphatic heterocycles. The van der Waals surface area contributed by atoms with Crippen molar-refractivity contribution in [2.24, 2.45) is 0 Å². The second kappa shape index (κ2) is 5.89. The van der Waals surface area contributed by atoms with E-state index in [2.05, 4.69) is 9.97 Å². The predicted molar refractivity (Wildman–Crippen MR) is 76.9 cm³/mol. The standard InChI is InChI=1S/C14H13N3O3S/c1-10(2)21(18,19)20-14-16-8-7-13(17-14)12-5-3-11(9-15)4-6-12/h3-8,10H,1-2H3. The largest absolute Gasteiger partial charge is 0.343 e. The molecule has 0 saturated carbocycles. The van der Waals surface area contributed by atoms with Gasteiger partial charge in [-0.05, 0) is 32.0 Å². The van der Waals surface area contributed by atoms with Crippen LogP contribution in [0.15, 0.2) is 36.5 Å². The van der Waals surface area contributed by atoms with Gasteiger partial charge in [-0.1, -0.05) is 12.1 Å². The van der Waals surface area contributed by atoms with Gasteiger partial charge in [0.15, 0.2) is 0 Å². The molecule has 0 N–H and O–H groups in total. The molecule has 0 atom stereocenters. The number of nitriles is 1. The molecular weight excluding hydrogens is 290 g/mol. The van der Waals surface area contributed by atoms with Crippen molar-refractivity contribution in [1.82, 2.24) is 9.97 Å². The molecule has 2 rings (SSSR count). The normalized spacial score (nSPS) is 11.1. The van der Waals surface area contributed by atoms with Gasteiger partial charge in [0.1, 0.15) is 0 Å². The summed E-state index contributed by atoms with van der Waals surface area (Å²) in [6.45, 7) is 3.03. The zero-order chi connectivity index (χ0) is 15.5. The van der Waals surface area contributed by atoms with Crippen molar-refractivity contribution in [1.29, 1.82) is 5.26 Å². The Balaban J connectivity index is 2.31. The van der Waals surface area contributed by atoms with Gasteiger partial charge in [-0.2, -0.15) is 18.7 Å². The van der Waals surface area contributed by atoms with Crippen LogP contribution < -0.4 is 4.18 Å². The number of rotatable bonds is 4. The number of nitrogens with zero attached hydrogens (tertiary/aromatic N) is 3. The van der Waals surface area contributed by atoms with Crippen LogP contribution in [0, 0.1) is 11.3 Å². The first-order valence-electron chi connectivity index (χ1n) is 6.19. The van der Waals surface area contributed by atoms with Gasteiger partial charge < -0.3 is 4.18 Å². The van der Waals surface area contributed by atoms with Gasteiger partial charge >= 0.3 is 16.1 Å². The molecule has 2 aromatic rings. The maximum absolute atomic E-state index is 11.7. The molecule has 0 spiro atoms. The highest BCUT2D eigenvalue weighted by molar-refractivity contribution is 7.87. The smallest absolute Gasteiger partial charge is 0.333 e. The van der Waals surface area contributed by atoms with Gasteiger partial charge in [-0.3, -0.25) is 0 Å². The van der Waals surface area contributed by atoms with Crippen LogP contribution in [0.4, 0.5) is 0 Å². The van der Waals surface area contributed by atoms with E-state index in [9.17, 15) is 8.42 Å². The van der Waals surface area contributed by atoms with Crippen molar-refractivity contribution in [3.63, 3.8) is 0 Å². The van der Waals surface area contributed by atoms with Crippen LogP contribution in [0.25, 0.3) is 11.3 Å². The molecule has 0 fully saturated rings. The number of aromatic nitrogens is 2. The van der Waals surface area contributed by atoms with Gasteiger partial charge in [0.05, 0.1) is 22.6 Å². The van der Waals surface area contributed by atoms with Crippen LogP contribution >= 0.6 is 0 Å². The van der Waals surface area contributed by atoms with E-state index in [0.29, 0.717) is 11.3 Å². The minimum Gasteiger partial charge on any atom is -0.343 e. The van der Waals surface area contributed by atoms with Gasteiger partial charge in [0, 0.05) is 11.8 Å². The Kier molecular flexibility index (Phi) is 4.19. The fraction of sp³-hybridized carbons (Fsp3) is 0.214. The summed E-state index contributed by atoms with van der Waals surface area (Å²) in [7, 11) is -3.73. The van der Waals surface area contributed by atoms with Crippen molar-refractivity contribution in [3.8, 4) is 23.3 Å². The molecular formula is C14H13N3O3S. The first kappa shape index (κ1) is 14.9. The molecule has 108 valence electrons. The predicted octanol–water partition coefficient (Wildman–Crippen LogP) is 2.13. The van der Waals surface area contributed by atoms with E-state index in [1.165, 1.54) is 20.0 Å². The second-order valence-corrected chi connectivity index (χ2v) is 6.63. The van der Waals surface area contributed by atoms with Gasteiger partial charge in [-0.15, -0.1) is 0 Å². The number of benzene rings is 1. The fourth-order valence-electron chi connectivity index (χ4n) is 1.46. The van der Waals surface area contributed by atoms with E-state index in [1.54, 1.807) is 30.3 Å². The van der Waals surface area contributed by atoms with E-state index in [1.807, 2.05) is 6.07 Å². The average molecular weight is 303 g/mol. The molecule has 6 nitrogen and oxygen atoms in total. The Morgan fingerprint density at radius 3 is 2.43 bits per heavy atom. The Morgan fingerprint density at radius 2 is 1.86 bits per heavy atom. The van der Waals surface area contributed by atoms with Crippen molar-refractivity contribution >= 4 is 10.1 Å². The van der Waals surface area contributed by atoms with Crippen LogP contribution in [0.1, 0.15) is 19.4 Å². The molecule has 0 aliphatic rings. The van der Waals surface area contributed by atoms with Crippen molar-refractivity contribution < 1.29 is 12.6 Å². The number of hydrogen-bond acceptors (Lipinski definition) is 6. The Morgan fingerprint density at radius 1 is 1.19 bits per heavy atom. The lowest BCUT2D eigenvalue weighted by Crippen LogP contribution is -2.21. The number of hydrogen-bond donors (Lipinski definition) is 0. The molecule has 0 unspecified atom stereocenters. The van der Waals surface area contributed by atoms with Gasteiger partial charge in [0.25, 0.3) is 0 Å². The highest BCUT2D eigenvalue weighted by Crippen LogP contribution is 2.19. The SMILES string of the molecule is CC(C)S(=O)(=O)Oc1nccc(-c2ccc(C#N)cc2)n1. The molecule has 1 heterocycles. The average Bonchev–Trinajstić information content (AvgIpc) is 2.47. The highest BCUT2D eigenvalue weighted by atomic mass is 32.2. The monoisotopic (exact) mass is 303 g/mol. The summed E-state index contributed by atoms with van der Waals surface area (Å²) in [6, 6.07) is 10.2. The Bertz CT molecular complexity index is 778. The third-order valence-corrected chi connectivity index (χ3v) is 4.25. The summed E-state index contributed by atoms with van der Waals surface area (Å²) in [5.41, 5.74) is 1.79. The third-order valence-electron chi connectivity index (χ3n) is 2.71. The minimum atomic E-state index is -3.73. The lowest BCUT2D eigenvalue weighted by molar-refractivity contribution is 0.456. The summed E-state index contributed by atoms with van der Waals surface area (Å²) >= 11 is 0. The molecule has 0 bridgehead atoms. The molecule has 0 saturated heterocycles.